The van der Waals surface area contributed by atoms with E-state index in [2.05, 4.69) is 10.6 Å². The van der Waals surface area contributed by atoms with Crippen molar-refractivity contribution < 1.29 is 14.4 Å². The summed E-state index contributed by atoms with van der Waals surface area (Å²) in [7, 11) is 0. The third-order valence-corrected chi connectivity index (χ3v) is 3.99. The first-order valence-corrected chi connectivity index (χ1v) is 7.47. The highest BCUT2D eigenvalue weighted by Crippen LogP contribution is 2.13. The van der Waals surface area contributed by atoms with Gasteiger partial charge in [-0.05, 0) is 38.3 Å². The van der Waals surface area contributed by atoms with Gasteiger partial charge in [-0.3, -0.25) is 19.3 Å². The number of halogens is 1. The van der Waals surface area contributed by atoms with E-state index in [1.54, 1.807) is 0 Å². The monoisotopic (exact) mass is 317 g/mol. The SMILES string of the molecule is Cl.O=C(CCN1C(=O)CCC1=O)NCCC1CCCNC1. The second-order valence-electron chi connectivity index (χ2n) is 5.54. The fraction of sp³-hybridized carbons (Fsp3) is 0.786. The molecule has 120 valence electrons. The molecule has 0 bridgehead atoms. The smallest absolute Gasteiger partial charge is 0.229 e. The Balaban J connectivity index is 0.00000220. The van der Waals surface area contributed by atoms with E-state index in [1.165, 1.54) is 17.7 Å². The van der Waals surface area contributed by atoms with E-state index < -0.39 is 0 Å². The van der Waals surface area contributed by atoms with Crippen LogP contribution in [0.4, 0.5) is 0 Å². The average molecular weight is 318 g/mol. The molecule has 6 nitrogen and oxygen atoms in total. The van der Waals surface area contributed by atoms with Crippen LogP contribution in [-0.4, -0.2) is 48.8 Å². The van der Waals surface area contributed by atoms with Gasteiger partial charge < -0.3 is 10.6 Å². The van der Waals surface area contributed by atoms with Crippen LogP contribution in [0.3, 0.4) is 0 Å². The lowest BCUT2D eigenvalue weighted by atomic mass is 9.96. The number of piperidine rings is 1. The predicted molar refractivity (Wildman–Crippen MR) is 81.0 cm³/mol. The number of carbonyl (C=O) groups excluding carboxylic acids is 3. The van der Waals surface area contributed by atoms with Crippen LogP contribution in [0.5, 0.6) is 0 Å². The highest BCUT2D eigenvalue weighted by Gasteiger charge is 2.28. The number of hydrogen-bond donors (Lipinski definition) is 2. The molecule has 2 aliphatic heterocycles. The standard InChI is InChI=1S/C14H23N3O3.ClH/c18-12(6-9-17-13(19)3-4-14(17)20)16-8-5-11-2-1-7-15-10-11;/h11,15H,1-10H2,(H,16,18);1H. The van der Waals surface area contributed by atoms with Crippen LogP contribution in [0.2, 0.25) is 0 Å². The van der Waals surface area contributed by atoms with E-state index in [4.69, 9.17) is 0 Å². The highest BCUT2D eigenvalue weighted by molar-refractivity contribution is 6.02. The third-order valence-electron chi connectivity index (χ3n) is 3.99. The van der Waals surface area contributed by atoms with E-state index in [0.717, 1.165) is 19.5 Å². The predicted octanol–water partition coefficient (Wildman–Crippen LogP) is 0.453. The van der Waals surface area contributed by atoms with Crippen molar-refractivity contribution in [2.45, 2.75) is 38.5 Å². The number of carbonyl (C=O) groups is 3. The Morgan fingerprint density at radius 3 is 2.62 bits per heavy atom. The molecule has 0 aromatic heterocycles. The Labute approximate surface area is 131 Å². The minimum Gasteiger partial charge on any atom is -0.356 e. The van der Waals surface area contributed by atoms with Gasteiger partial charge in [0.05, 0.1) is 0 Å². The van der Waals surface area contributed by atoms with Crippen molar-refractivity contribution in [1.82, 2.24) is 15.5 Å². The van der Waals surface area contributed by atoms with Gasteiger partial charge >= 0.3 is 0 Å². The summed E-state index contributed by atoms with van der Waals surface area (Å²) in [6.07, 6.45) is 4.20. The van der Waals surface area contributed by atoms with Gasteiger partial charge in [-0.15, -0.1) is 12.4 Å². The van der Waals surface area contributed by atoms with E-state index in [0.29, 0.717) is 12.5 Å². The molecule has 1 unspecified atom stereocenters. The summed E-state index contributed by atoms with van der Waals surface area (Å²) >= 11 is 0. The molecule has 0 aromatic rings. The van der Waals surface area contributed by atoms with Crippen molar-refractivity contribution in [3.8, 4) is 0 Å². The van der Waals surface area contributed by atoms with Crippen LogP contribution in [0, 0.1) is 5.92 Å². The van der Waals surface area contributed by atoms with Crippen LogP contribution in [0.1, 0.15) is 38.5 Å². The molecule has 0 saturated carbocycles. The number of amides is 3. The summed E-state index contributed by atoms with van der Waals surface area (Å²) in [4.78, 5) is 35.6. The van der Waals surface area contributed by atoms with Gasteiger partial charge in [0.25, 0.3) is 0 Å². The number of imide groups is 1. The minimum atomic E-state index is -0.156. The Kier molecular flexibility index (Phi) is 7.67. The van der Waals surface area contributed by atoms with Crippen LogP contribution in [-0.2, 0) is 14.4 Å². The van der Waals surface area contributed by atoms with Crippen molar-refractivity contribution in [1.29, 1.82) is 0 Å². The number of rotatable bonds is 6. The molecular weight excluding hydrogens is 294 g/mol. The lowest BCUT2D eigenvalue weighted by Crippen LogP contribution is -2.36. The molecule has 0 aromatic carbocycles. The number of nitrogens with zero attached hydrogens (tertiary/aromatic N) is 1. The molecular formula is C14H24ClN3O3. The summed E-state index contributed by atoms with van der Waals surface area (Å²) in [6, 6.07) is 0. The van der Waals surface area contributed by atoms with Gasteiger partial charge in [-0.25, -0.2) is 0 Å². The first-order valence-electron chi connectivity index (χ1n) is 7.47. The Morgan fingerprint density at radius 1 is 1.29 bits per heavy atom. The molecule has 2 heterocycles. The van der Waals surface area contributed by atoms with Crippen molar-refractivity contribution in [3.63, 3.8) is 0 Å². The van der Waals surface area contributed by atoms with Crippen molar-refractivity contribution >= 4 is 30.1 Å². The topological polar surface area (TPSA) is 78.5 Å². The molecule has 2 N–H and O–H groups in total. The third kappa shape index (κ3) is 5.63. The summed E-state index contributed by atoms with van der Waals surface area (Å²) in [5, 5.41) is 6.22. The zero-order valence-electron chi connectivity index (χ0n) is 12.2. The van der Waals surface area contributed by atoms with Gasteiger partial charge in [0, 0.05) is 32.4 Å². The number of nitrogens with one attached hydrogen (secondary N) is 2. The summed E-state index contributed by atoms with van der Waals surface area (Å²) in [6.45, 7) is 3.02. The molecule has 0 aliphatic carbocycles. The maximum Gasteiger partial charge on any atom is 0.229 e. The first-order chi connectivity index (χ1) is 9.66. The van der Waals surface area contributed by atoms with E-state index in [9.17, 15) is 14.4 Å². The summed E-state index contributed by atoms with van der Waals surface area (Å²) in [5.74, 6) is 0.249. The number of likely N-dealkylation sites (tertiary alicyclic amines) is 1. The van der Waals surface area contributed by atoms with Crippen LogP contribution in [0.15, 0.2) is 0 Å². The molecule has 21 heavy (non-hydrogen) atoms. The zero-order chi connectivity index (χ0) is 14.4. The minimum absolute atomic E-state index is 0. The highest BCUT2D eigenvalue weighted by atomic mass is 35.5. The van der Waals surface area contributed by atoms with Crippen molar-refractivity contribution in [2.24, 2.45) is 5.92 Å². The molecule has 2 saturated heterocycles. The van der Waals surface area contributed by atoms with Gasteiger partial charge in [-0.2, -0.15) is 0 Å². The largest absolute Gasteiger partial charge is 0.356 e. The molecule has 2 fully saturated rings. The molecule has 3 amide bonds. The Bertz CT molecular complexity index is 368. The van der Waals surface area contributed by atoms with E-state index in [-0.39, 0.29) is 55.9 Å². The normalized spacial score (nSPS) is 22.1. The van der Waals surface area contributed by atoms with Crippen LogP contribution >= 0.6 is 12.4 Å². The van der Waals surface area contributed by atoms with Crippen molar-refractivity contribution in [2.75, 3.05) is 26.2 Å². The van der Waals surface area contributed by atoms with Crippen LogP contribution in [0.25, 0.3) is 0 Å². The lowest BCUT2D eigenvalue weighted by molar-refractivity contribution is -0.138. The van der Waals surface area contributed by atoms with Crippen LogP contribution < -0.4 is 10.6 Å². The second-order valence-corrected chi connectivity index (χ2v) is 5.54. The molecule has 0 radical (unpaired) electrons. The quantitative estimate of drug-likeness (QED) is 0.697. The van der Waals surface area contributed by atoms with E-state index >= 15 is 0 Å². The molecule has 7 heteroatoms. The summed E-state index contributed by atoms with van der Waals surface area (Å²) in [5.41, 5.74) is 0. The fourth-order valence-corrected chi connectivity index (χ4v) is 2.76. The first kappa shape index (κ1) is 17.9. The number of hydrogen-bond acceptors (Lipinski definition) is 4. The fourth-order valence-electron chi connectivity index (χ4n) is 2.76. The maximum absolute atomic E-state index is 11.7. The molecule has 2 rings (SSSR count). The Hall–Kier alpha value is -1.14. The average Bonchev–Trinajstić information content (AvgIpc) is 2.77. The summed E-state index contributed by atoms with van der Waals surface area (Å²) < 4.78 is 0. The van der Waals surface area contributed by atoms with Gasteiger partial charge in [-0.1, -0.05) is 0 Å². The van der Waals surface area contributed by atoms with Gasteiger partial charge in [0.15, 0.2) is 0 Å². The van der Waals surface area contributed by atoms with Crippen molar-refractivity contribution in [3.05, 3.63) is 0 Å². The molecule has 1 atom stereocenters. The maximum atomic E-state index is 11.7. The second kappa shape index (κ2) is 9.00. The molecule has 2 aliphatic rings. The zero-order valence-corrected chi connectivity index (χ0v) is 13.0. The Morgan fingerprint density at radius 2 is 2.00 bits per heavy atom. The van der Waals surface area contributed by atoms with Gasteiger partial charge in [0.2, 0.25) is 17.7 Å². The molecule has 0 spiro atoms. The van der Waals surface area contributed by atoms with E-state index in [1.807, 2.05) is 0 Å². The lowest BCUT2D eigenvalue weighted by Gasteiger charge is -2.22. The van der Waals surface area contributed by atoms with Gasteiger partial charge in [0.1, 0.15) is 0 Å².